The van der Waals surface area contributed by atoms with Crippen LogP contribution in [0, 0.1) is 5.92 Å². The van der Waals surface area contributed by atoms with Gasteiger partial charge in [-0.25, -0.2) is 0 Å². The molecule has 1 N–H and O–H groups in total. The Morgan fingerprint density at radius 3 is 2.72 bits per heavy atom. The molecule has 1 fully saturated rings. The summed E-state index contributed by atoms with van der Waals surface area (Å²) in [7, 11) is 1.66. The van der Waals surface area contributed by atoms with Crippen molar-refractivity contribution in [1.29, 1.82) is 0 Å². The number of carbonyl (C=O) groups is 2. The zero-order valence-electron chi connectivity index (χ0n) is 15.4. The van der Waals surface area contributed by atoms with Crippen molar-refractivity contribution in [2.75, 3.05) is 20.2 Å². The highest BCUT2D eigenvalue weighted by Crippen LogP contribution is 2.40. The maximum absolute atomic E-state index is 13.1. The molecule has 2 aliphatic rings. The molecule has 1 aliphatic heterocycles. The van der Waals surface area contributed by atoms with Gasteiger partial charge < -0.3 is 15.0 Å². The number of rotatable bonds is 4. The number of carbonyl (C=O) groups excluding carboxylic acids is 2. The molecule has 1 aromatic rings. The molecular formula is C19H28N2O3S. The van der Waals surface area contributed by atoms with Gasteiger partial charge in [-0.15, -0.1) is 11.3 Å². The van der Waals surface area contributed by atoms with E-state index in [-0.39, 0.29) is 23.8 Å². The van der Waals surface area contributed by atoms with Crippen molar-refractivity contribution in [3.8, 4) is 5.75 Å². The standard InChI is InChI=1S/C19H28N2O3S/c1-12(2)20-18(22)13-7-6-10-21(11-13)19(23)17-16(24-3)14-8-4-5-9-15(14)25-17/h12-13H,4-11H2,1-3H3,(H,20,22). The maximum Gasteiger partial charge on any atom is 0.267 e. The lowest BCUT2D eigenvalue weighted by Crippen LogP contribution is -2.46. The number of fused-ring (bicyclic) bond motifs is 1. The Bertz CT molecular complexity index is 653. The SMILES string of the molecule is COc1c(C(=O)N2CCCC(C(=O)NC(C)C)C2)sc2c1CCCC2. The summed E-state index contributed by atoms with van der Waals surface area (Å²) < 4.78 is 5.61. The molecule has 5 nitrogen and oxygen atoms in total. The summed E-state index contributed by atoms with van der Waals surface area (Å²) in [6.45, 7) is 5.15. The molecule has 3 rings (SSSR count). The molecule has 6 heteroatoms. The summed E-state index contributed by atoms with van der Waals surface area (Å²) in [5.41, 5.74) is 1.23. The van der Waals surface area contributed by atoms with Crippen molar-refractivity contribution >= 4 is 23.2 Å². The van der Waals surface area contributed by atoms with Gasteiger partial charge in [-0.2, -0.15) is 0 Å². The largest absolute Gasteiger partial charge is 0.495 e. The van der Waals surface area contributed by atoms with Crippen LogP contribution in [0.3, 0.4) is 0 Å². The van der Waals surface area contributed by atoms with E-state index in [0.29, 0.717) is 6.54 Å². The number of hydrogen-bond donors (Lipinski definition) is 1. The summed E-state index contributed by atoms with van der Waals surface area (Å²) in [5.74, 6) is 0.752. The molecule has 2 heterocycles. The number of thiophene rings is 1. The van der Waals surface area contributed by atoms with Crippen LogP contribution in [0.5, 0.6) is 5.75 Å². The zero-order chi connectivity index (χ0) is 18.0. The van der Waals surface area contributed by atoms with Crippen LogP contribution >= 0.6 is 11.3 Å². The van der Waals surface area contributed by atoms with E-state index in [1.165, 1.54) is 16.9 Å². The van der Waals surface area contributed by atoms with Gasteiger partial charge in [-0.05, 0) is 52.4 Å². The van der Waals surface area contributed by atoms with Gasteiger partial charge in [0.2, 0.25) is 5.91 Å². The van der Waals surface area contributed by atoms with Crippen LogP contribution in [0.2, 0.25) is 0 Å². The number of nitrogens with zero attached hydrogens (tertiary/aromatic N) is 1. The van der Waals surface area contributed by atoms with E-state index in [0.717, 1.165) is 49.3 Å². The van der Waals surface area contributed by atoms with E-state index >= 15 is 0 Å². The fourth-order valence-electron chi connectivity index (χ4n) is 3.82. The minimum atomic E-state index is -0.110. The van der Waals surface area contributed by atoms with Gasteiger partial charge in [-0.1, -0.05) is 0 Å². The van der Waals surface area contributed by atoms with E-state index in [2.05, 4.69) is 5.32 Å². The lowest BCUT2D eigenvalue weighted by molar-refractivity contribution is -0.126. The van der Waals surface area contributed by atoms with E-state index in [9.17, 15) is 9.59 Å². The Hall–Kier alpha value is -1.56. The maximum atomic E-state index is 13.1. The summed E-state index contributed by atoms with van der Waals surface area (Å²) in [5, 5.41) is 2.98. The van der Waals surface area contributed by atoms with Crippen LogP contribution in [0.1, 0.15) is 59.6 Å². The molecule has 0 spiro atoms. The highest BCUT2D eigenvalue weighted by molar-refractivity contribution is 7.14. The quantitative estimate of drug-likeness (QED) is 0.893. The molecule has 1 unspecified atom stereocenters. The van der Waals surface area contributed by atoms with Gasteiger partial charge in [0.15, 0.2) is 0 Å². The van der Waals surface area contributed by atoms with Crippen molar-refractivity contribution in [2.45, 2.75) is 58.4 Å². The van der Waals surface area contributed by atoms with Crippen LogP contribution in [0.4, 0.5) is 0 Å². The predicted octanol–water partition coefficient (Wildman–Crippen LogP) is 3.01. The van der Waals surface area contributed by atoms with Crippen LogP contribution in [0.25, 0.3) is 0 Å². The molecule has 1 aromatic heterocycles. The van der Waals surface area contributed by atoms with E-state index in [1.807, 2.05) is 18.7 Å². The van der Waals surface area contributed by atoms with Crippen molar-refractivity contribution in [2.24, 2.45) is 5.92 Å². The molecule has 1 saturated heterocycles. The second kappa shape index (κ2) is 7.77. The lowest BCUT2D eigenvalue weighted by Gasteiger charge is -2.32. The van der Waals surface area contributed by atoms with Crippen LogP contribution in [-0.4, -0.2) is 43.0 Å². The Labute approximate surface area is 153 Å². The fraction of sp³-hybridized carbons (Fsp3) is 0.684. The summed E-state index contributed by atoms with van der Waals surface area (Å²) in [4.78, 5) is 29.3. The first-order valence-corrected chi connectivity index (χ1v) is 10.1. The molecule has 1 aliphatic carbocycles. The van der Waals surface area contributed by atoms with Gasteiger partial charge in [0, 0.05) is 29.6 Å². The molecule has 138 valence electrons. The van der Waals surface area contributed by atoms with Crippen molar-refractivity contribution in [3.05, 3.63) is 15.3 Å². The molecule has 2 amide bonds. The minimum Gasteiger partial charge on any atom is -0.495 e. The number of piperidine rings is 1. The zero-order valence-corrected chi connectivity index (χ0v) is 16.2. The average Bonchev–Trinajstić information content (AvgIpc) is 2.99. The van der Waals surface area contributed by atoms with Gasteiger partial charge in [0.25, 0.3) is 5.91 Å². The van der Waals surface area contributed by atoms with Gasteiger partial charge in [0.05, 0.1) is 13.0 Å². The molecular weight excluding hydrogens is 336 g/mol. The third-order valence-corrected chi connectivity index (χ3v) is 6.29. The normalized spacial score (nSPS) is 20.3. The van der Waals surface area contributed by atoms with Gasteiger partial charge in [0.1, 0.15) is 10.6 Å². The molecule has 0 saturated carbocycles. The average molecular weight is 365 g/mol. The topological polar surface area (TPSA) is 58.6 Å². The highest BCUT2D eigenvalue weighted by Gasteiger charge is 2.33. The van der Waals surface area contributed by atoms with Crippen LogP contribution < -0.4 is 10.1 Å². The van der Waals surface area contributed by atoms with Crippen LogP contribution in [0.15, 0.2) is 0 Å². The molecule has 0 bridgehead atoms. The second-order valence-electron chi connectivity index (χ2n) is 7.33. The number of ether oxygens (including phenoxy) is 1. The summed E-state index contributed by atoms with van der Waals surface area (Å²) >= 11 is 1.59. The van der Waals surface area contributed by atoms with E-state index < -0.39 is 0 Å². The monoisotopic (exact) mass is 364 g/mol. The first kappa shape index (κ1) is 18.2. The third kappa shape index (κ3) is 3.84. The third-order valence-electron chi connectivity index (χ3n) is 5.03. The number of hydrogen-bond acceptors (Lipinski definition) is 4. The Kier molecular flexibility index (Phi) is 5.67. The predicted molar refractivity (Wildman–Crippen MR) is 99.4 cm³/mol. The molecule has 25 heavy (non-hydrogen) atoms. The highest BCUT2D eigenvalue weighted by atomic mass is 32.1. The Balaban J connectivity index is 1.76. The summed E-state index contributed by atoms with van der Waals surface area (Å²) in [6, 6.07) is 0.127. The van der Waals surface area contributed by atoms with Crippen molar-refractivity contribution in [3.63, 3.8) is 0 Å². The number of aryl methyl sites for hydroxylation is 1. The van der Waals surface area contributed by atoms with Gasteiger partial charge in [-0.3, -0.25) is 9.59 Å². The minimum absolute atomic E-state index is 0.0262. The number of nitrogens with one attached hydrogen (secondary N) is 1. The second-order valence-corrected chi connectivity index (χ2v) is 8.43. The lowest BCUT2D eigenvalue weighted by atomic mass is 9.96. The van der Waals surface area contributed by atoms with Crippen molar-refractivity contribution in [1.82, 2.24) is 10.2 Å². The summed E-state index contributed by atoms with van der Waals surface area (Å²) in [6.07, 6.45) is 6.11. The number of amides is 2. The van der Waals surface area contributed by atoms with E-state index in [4.69, 9.17) is 4.74 Å². The fourth-order valence-corrected chi connectivity index (χ4v) is 5.14. The number of likely N-dealkylation sites (tertiary alicyclic amines) is 1. The molecule has 0 radical (unpaired) electrons. The van der Waals surface area contributed by atoms with Crippen molar-refractivity contribution < 1.29 is 14.3 Å². The first-order valence-electron chi connectivity index (χ1n) is 9.29. The van der Waals surface area contributed by atoms with Gasteiger partial charge >= 0.3 is 0 Å². The Morgan fingerprint density at radius 2 is 2.00 bits per heavy atom. The molecule has 1 atom stereocenters. The first-order chi connectivity index (χ1) is 12.0. The Morgan fingerprint density at radius 1 is 1.24 bits per heavy atom. The van der Waals surface area contributed by atoms with E-state index in [1.54, 1.807) is 18.4 Å². The molecule has 0 aromatic carbocycles. The number of methoxy groups -OCH3 is 1. The smallest absolute Gasteiger partial charge is 0.267 e. The van der Waals surface area contributed by atoms with Crippen LogP contribution in [-0.2, 0) is 17.6 Å².